The molecule has 3 atom stereocenters. The van der Waals surface area contributed by atoms with Crippen LogP contribution in [0, 0.1) is 5.92 Å². The molecule has 2 fully saturated rings. The number of ether oxygens (including phenoxy) is 2. The van der Waals surface area contributed by atoms with Crippen LogP contribution in [0.15, 0.2) is 12.1 Å². The lowest BCUT2D eigenvalue weighted by Crippen LogP contribution is -2.61. The Morgan fingerprint density at radius 2 is 1.18 bits per heavy atom. The van der Waals surface area contributed by atoms with Gasteiger partial charge in [0.25, 0.3) is 0 Å². The van der Waals surface area contributed by atoms with Crippen molar-refractivity contribution >= 4 is 5.97 Å². The fourth-order valence-electron chi connectivity index (χ4n) is 8.73. The van der Waals surface area contributed by atoms with E-state index in [2.05, 4.69) is 140 Å². The first kappa shape index (κ1) is 41.7. The van der Waals surface area contributed by atoms with Gasteiger partial charge in [-0.1, -0.05) is 73.4 Å². The quantitative estimate of drug-likeness (QED) is 0.188. The van der Waals surface area contributed by atoms with Crippen molar-refractivity contribution in [3.8, 4) is 5.75 Å². The number of hydrogen-bond donors (Lipinski definition) is 2. The number of unbranched alkanes of at least 4 members (excludes halogenated alkanes) is 1. The molecule has 2 aliphatic rings. The largest absolute Gasteiger partial charge is 0.507 e. The zero-order valence-corrected chi connectivity index (χ0v) is 34.5. The van der Waals surface area contributed by atoms with E-state index in [4.69, 9.17) is 9.47 Å². The van der Waals surface area contributed by atoms with Gasteiger partial charge in [-0.2, -0.15) is 0 Å². The maximum atomic E-state index is 14.8. The van der Waals surface area contributed by atoms with Gasteiger partial charge in [0, 0.05) is 40.9 Å². The van der Waals surface area contributed by atoms with E-state index in [1.165, 1.54) is 0 Å². The SMILES string of the molecule is CCCCC(c1cc(C(C)(C)C)c(O)c(C(C)(C)C)c1)C(C(=O)OC1CC(C)(C)N(C)C(C)(C)C1)C(O)OC1CC(C)(C)N(C)C(C)(C)C1. The molecule has 2 saturated heterocycles. The van der Waals surface area contributed by atoms with E-state index in [0.29, 0.717) is 25.0 Å². The Labute approximate surface area is 300 Å². The number of esters is 1. The molecule has 2 N–H and O–H groups in total. The highest BCUT2D eigenvalue weighted by molar-refractivity contribution is 5.75. The van der Waals surface area contributed by atoms with Crippen LogP contribution in [0.2, 0.25) is 0 Å². The second-order valence-electron chi connectivity index (χ2n) is 20.1. The van der Waals surface area contributed by atoms with E-state index in [9.17, 15) is 15.0 Å². The summed E-state index contributed by atoms with van der Waals surface area (Å²) in [4.78, 5) is 19.6. The standard InChI is InChI=1S/C42H74N2O5/c1-18-19-20-30(27-21-31(37(2,3)4)34(45)32(22-27)38(5,6)7)33(35(46)48-28-23-39(8,9)43(16)40(10,11)24-28)36(47)49-29-25-41(12,13)44(17)42(14,15)26-29/h21-22,28-30,33,35,45-46H,18-20,23-26H2,1-17H3. The van der Waals surface area contributed by atoms with Crippen molar-refractivity contribution in [2.24, 2.45) is 5.92 Å². The molecule has 282 valence electrons. The van der Waals surface area contributed by atoms with Gasteiger partial charge in [0.05, 0.1) is 6.10 Å². The van der Waals surface area contributed by atoms with Crippen LogP contribution in [0.4, 0.5) is 0 Å². The lowest BCUT2D eigenvalue weighted by Gasteiger charge is -2.54. The molecule has 2 aliphatic heterocycles. The monoisotopic (exact) mass is 687 g/mol. The molecule has 1 aromatic carbocycles. The van der Waals surface area contributed by atoms with Crippen molar-refractivity contribution < 1.29 is 24.5 Å². The minimum absolute atomic E-state index is 0.144. The first-order chi connectivity index (χ1) is 22.0. The number of carbonyl (C=O) groups excluding carboxylic acids is 1. The van der Waals surface area contributed by atoms with Gasteiger partial charge < -0.3 is 19.7 Å². The number of nitrogens with zero attached hydrogens (tertiary/aromatic N) is 2. The summed E-state index contributed by atoms with van der Waals surface area (Å²) in [6.07, 6.45) is 3.54. The van der Waals surface area contributed by atoms with Crippen LogP contribution >= 0.6 is 0 Å². The predicted molar refractivity (Wildman–Crippen MR) is 202 cm³/mol. The van der Waals surface area contributed by atoms with Gasteiger partial charge in [0.15, 0.2) is 6.29 Å². The second-order valence-corrected chi connectivity index (χ2v) is 20.1. The maximum Gasteiger partial charge on any atom is 0.315 e. The van der Waals surface area contributed by atoms with Crippen LogP contribution in [-0.2, 0) is 25.1 Å². The summed E-state index contributed by atoms with van der Waals surface area (Å²) < 4.78 is 13.2. The summed E-state index contributed by atoms with van der Waals surface area (Å²) in [6.45, 7) is 32.5. The molecular weight excluding hydrogens is 612 g/mol. The number of rotatable bonds is 10. The van der Waals surface area contributed by atoms with Crippen LogP contribution in [0.3, 0.4) is 0 Å². The molecule has 0 aromatic heterocycles. The number of carbonyl (C=O) groups is 1. The highest BCUT2D eigenvalue weighted by atomic mass is 16.6. The number of aromatic hydroxyl groups is 1. The highest BCUT2D eigenvalue weighted by Crippen LogP contribution is 2.46. The van der Waals surface area contributed by atoms with E-state index in [1.54, 1.807) is 0 Å². The zero-order valence-electron chi connectivity index (χ0n) is 34.5. The third kappa shape index (κ3) is 9.42. The Kier molecular flexibility index (Phi) is 12.3. The summed E-state index contributed by atoms with van der Waals surface area (Å²) in [5.74, 6) is -1.40. The van der Waals surface area contributed by atoms with Gasteiger partial charge >= 0.3 is 5.97 Å². The molecule has 0 spiro atoms. The first-order valence-corrected chi connectivity index (χ1v) is 18.9. The normalized spacial score (nSPS) is 24.0. The van der Waals surface area contributed by atoms with Crippen molar-refractivity contribution in [2.75, 3.05) is 14.1 Å². The Balaban J connectivity index is 2.18. The number of hydrogen-bond acceptors (Lipinski definition) is 7. The van der Waals surface area contributed by atoms with Crippen LogP contribution in [-0.4, -0.2) is 80.7 Å². The van der Waals surface area contributed by atoms with Crippen molar-refractivity contribution in [2.45, 2.75) is 206 Å². The number of phenols is 1. The predicted octanol–water partition coefficient (Wildman–Crippen LogP) is 9.06. The fraction of sp³-hybridized carbons (Fsp3) is 0.833. The average molecular weight is 687 g/mol. The van der Waals surface area contributed by atoms with Gasteiger partial charge in [0.2, 0.25) is 0 Å². The van der Waals surface area contributed by atoms with Gasteiger partial charge in [0.1, 0.15) is 17.8 Å². The third-order valence-corrected chi connectivity index (χ3v) is 12.2. The minimum Gasteiger partial charge on any atom is -0.507 e. The molecule has 0 amide bonds. The summed E-state index contributed by atoms with van der Waals surface area (Å²) in [5, 5.41) is 23.9. The van der Waals surface area contributed by atoms with E-state index >= 15 is 0 Å². The smallest absolute Gasteiger partial charge is 0.315 e. The van der Waals surface area contributed by atoms with Crippen molar-refractivity contribution in [1.29, 1.82) is 0 Å². The zero-order chi connectivity index (χ0) is 37.7. The molecular formula is C42H74N2O5. The fourth-order valence-corrected chi connectivity index (χ4v) is 8.73. The molecule has 0 radical (unpaired) electrons. The van der Waals surface area contributed by atoms with Gasteiger partial charge in [-0.25, -0.2) is 0 Å². The summed E-state index contributed by atoms with van der Waals surface area (Å²) in [5.41, 5.74) is 1.35. The van der Waals surface area contributed by atoms with Gasteiger partial charge in [-0.05, 0) is 116 Å². The maximum absolute atomic E-state index is 14.8. The highest BCUT2D eigenvalue weighted by Gasteiger charge is 2.49. The van der Waals surface area contributed by atoms with Gasteiger partial charge in [-0.3, -0.25) is 14.6 Å². The van der Waals surface area contributed by atoms with Crippen LogP contribution in [0.25, 0.3) is 0 Å². The summed E-state index contributed by atoms with van der Waals surface area (Å²) >= 11 is 0. The molecule has 0 saturated carbocycles. The molecule has 3 unspecified atom stereocenters. The number of benzene rings is 1. The second kappa shape index (κ2) is 14.4. The molecule has 7 nitrogen and oxygen atoms in total. The molecule has 1 aromatic rings. The Morgan fingerprint density at radius 3 is 1.55 bits per heavy atom. The lowest BCUT2D eigenvalue weighted by molar-refractivity contribution is -0.214. The number of aliphatic hydroxyl groups excluding tert-OH is 1. The van der Waals surface area contributed by atoms with Crippen molar-refractivity contribution in [3.63, 3.8) is 0 Å². The third-order valence-electron chi connectivity index (χ3n) is 12.2. The van der Waals surface area contributed by atoms with Crippen LogP contribution < -0.4 is 0 Å². The molecule has 49 heavy (non-hydrogen) atoms. The van der Waals surface area contributed by atoms with Gasteiger partial charge in [-0.15, -0.1) is 0 Å². The number of aliphatic hydroxyl groups is 1. The number of likely N-dealkylation sites (tertiary alicyclic amines) is 2. The summed E-state index contributed by atoms with van der Waals surface area (Å²) in [6, 6.07) is 4.14. The Morgan fingerprint density at radius 1 is 0.796 bits per heavy atom. The first-order valence-electron chi connectivity index (χ1n) is 18.9. The van der Waals surface area contributed by atoms with Crippen molar-refractivity contribution in [3.05, 3.63) is 28.8 Å². The average Bonchev–Trinajstić information content (AvgIpc) is 2.90. The van der Waals surface area contributed by atoms with E-state index in [0.717, 1.165) is 42.4 Å². The molecule has 3 rings (SSSR count). The molecule has 2 heterocycles. The molecule has 7 heteroatoms. The number of phenolic OH excluding ortho intramolecular Hbond substituents is 1. The van der Waals surface area contributed by atoms with E-state index in [1.807, 2.05) is 0 Å². The Hall–Kier alpha value is -1.67. The van der Waals surface area contributed by atoms with Crippen LogP contribution in [0.1, 0.15) is 171 Å². The minimum atomic E-state index is -1.35. The van der Waals surface area contributed by atoms with Crippen molar-refractivity contribution in [1.82, 2.24) is 9.80 Å². The molecule has 0 bridgehead atoms. The van der Waals surface area contributed by atoms with Crippen LogP contribution in [0.5, 0.6) is 5.75 Å². The lowest BCUT2D eigenvalue weighted by atomic mass is 9.74. The van der Waals surface area contributed by atoms with E-state index in [-0.39, 0.29) is 51.1 Å². The topological polar surface area (TPSA) is 82.5 Å². The summed E-state index contributed by atoms with van der Waals surface area (Å²) in [7, 11) is 4.30. The Bertz CT molecular complexity index is 1230. The molecule has 0 aliphatic carbocycles. The number of piperidine rings is 2. The van der Waals surface area contributed by atoms with E-state index < -0.39 is 18.2 Å².